The first-order valence-corrected chi connectivity index (χ1v) is 9.96. The third kappa shape index (κ3) is 3.95. The van der Waals surface area contributed by atoms with Crippen LogP contribution in [0.1, 0.15) is 18.4 Å². The molecular weight excluding hydrogens is 370 g/mol. The maximum atomic E-state index is 5.97. The average molecular weight is 390 g/mol. The van der Waals surface area contributed by atoms with Crippen molar-refractivity contribution in [2.45, 2.75) is 36.4 Å². The molecule has 1 unspecified atom stereocenters. The van der Waals surface area contributed by atoms with Gasteiger partial charge in [-0.15, -0.1) is 10.2 Å². The Kier molecular flexibility index (Phi) is 5.28. The normalized spacial score (nSPS) is 17.1. The van der Waals surface area contributed by atoms with E-state index >= 15 is 0 Å². The monoisotopic (exact) mass is 389 g/mol. The zero-order valence-electron chi connectivity index (χ0n) is 14.5. The summed E-state index contributed by atoms with van der Waals surface area (Å²) in [6, 6.07) is 7.90. The van der Waals surface area contributed by atoms with Gasteiger partial charge in [0.25, 0.3) is 0 Å². The van der Waals surface area contributed by atoms with Gasteiger partial charge in [0, 0.05) is 30.6 Å². The molecule has 0 amide bonds. The molecule has 1 saturated heterocycles. The summed E-state index contributed by atoms with van der Waals surface area (Å²) < 4.78 is 9.77. The molecule has 136 valence electrons. The Morgan fingerprint density at radius 3 is 2.81 bits per heavy atom. The number of aryl methyl sites for hydroxylation is 1. The number of nitrogens with zero attached hydrogens (tertiary/aromatic N) is 5. The number of aromatic nitrogens is 5. The van der Waals surface area contributed by atoms with E-state index in [4.69, 9.17) is 16.3 Å². The fourth-order valence-corrected chi connectivity index (χ4v) is 4.06. The topological polar surface area (TPSA) is 57.8 Å². The molecule has 0 N–H and O–H groups in total. The van der Waals surface area contributed by atoms with Crippen LogP contribution in [0.25, 0.3) is 11.4 Å². The summed E-state index contributed by atoms with van der Waals surface area (Å²) >= 11 is 7.64. The Hall–Kier alpha value is -1.83. The Balaban J connectivity index is 1.58. The van der Waals surface area contributed by atoms with Crippen molar-refractivity contribution < 1.29 is 4.74 Å². The lowest BCUT2D eigenvalue weighted by atomic mass is 10.2. The fourth-order valence-electron chi connectivity index (χ4n) is 3.03. The largest absolute Gasteiger partial charge is 0.376 e. The van der Waals surface area contributed by atoms with E-state index in [0.29, 0.717) is 0 Å². The molecule has 0 bridgehead atoms. The standard InChI is InChI=1S/C18H20ClN5OS/c1-23-10-14(9-20-23)17-21-22-18(24(17)11-16-3-2-8-25-16)26-12-13-4-6-15(19)7-5-13/h4-7,9-10,16H,2-3,8,11-12H2,1H3. The van der Waals surface area contributed by atoms with E-state index in [0.717, 1.165) is 53.3 Å². The summed E-state index contributed by atoms with van der Waals surface area (Å²) in [4.78, 5) is 0. The zero-order chi connectivity index (χ0) is 17.9. The van der Waals surface area contributed by atoms with Crippen LogP contribution < -0.4 is 0 Å². The van der Waals surface area contributed by atoms with E-state index in [-0.39, 0.29) is 6.10 Å². The van der Waals surface area contributed by atoms with E-state index < -0.39 is 0 Å². The number of halogens is 1. The van der Waals surface area contributed by atoms with E-state index in [1.165, 1.54) is 5.56 Å². The van der Waals surface area contributed by atoms with E-state index in [9.17, 15) is 0 Å². The first kappa shape index (κ1) is 17.6. The minimum atomic E-state index is 0.219. The highest BCUT2D eigenvalue weighted by Crippen LogP contribution is 2.28. The summed E-state index contributed by atoms with van der Waals surface area (Å²) in [6.07, 6.45) is 6.19. The zero-order valence-corrected chi connectivity index (χ0v) is 16.1. The summed E-state index contributed by atoms with van der Waals surface area (Å²) in [7, 11) is 1.90. The van der Waals surface area contributed by atoms with Crippen molar-refractivity contribution in [3.63, 3.8) is 0 Å². The van der Waals surface area contributed by atoms with Gasteiger partial charge in [-0.25, -0.2) is 0 Å². The second-order valence-electron chi connectivity index (χ2n) is 6.37. The number of ether oxygens (including phenoxy) is 1. The third-order valence-electron chi connectivity index (χ3n) is 4.37. The molecular formula is C18H20ClN5OS. The first-order valence-electron chi connectivity index (χ1n) is 8.60. The van der Waals surface area contributed by atoms with Crippen molar-refractivity contribution in [3.8, 4) is 11.4 Å². The second kappa shape index (κ2) is 7.82. The molecule has 1 fully saturated rings. The van der Waals surface area contributed by atoms with Gasteiger partial charge in [0.05, 0.1) is 24.4 Å². The van der Waals surface area contributed by atoms with Crippen LogP contribution >= 0.6 is 23.4 Å². The Labute approximate surface area is 161 Å². The maximum Gasteiger partial charge on any atom is 0.191 e. The number of thioether (sulfide) groups is 1. The van der Waals surface area contributed by atoms with Crippen molar-refractivity contribution >= 4 is 23.4 Å². The van der Waals surface area contributed by atoms with Crippen LogP contribution in [0.3, 0.4) is 0 Å². The fraction of sp³-hybridized carbons (Fsp3) is 0.389. The molecule has 8 heteroatoms. The molecule has 1 aliphatic heterocycles. The van der Waals surface area contributed by atoms with Crippen molar-refractivity contribution in [3.05, 3.63) is 47.2 Å². The van der Waals surface area contributed by atoms with Gasteiger partial charge in [0.15, 0.2) is 11.0 Å². The number of hydrogen-bond acceptors (Lipinski definition) is 5. The SMILES string of the molecule is Cn1cc(-c2nnc(SCc3ccc(Cl)cc3)n2CC2CCCO2)cn1. The van der Waals surface area contributed by atoms with Crippen LogP contribution in [-0.2, 0) is 24.1 Å². The summed E-state index contributed by atoms with van der Waals surface area (Å²) in [6.45, 7) is 1.60. The van der Waals surface area contributed by atoms with Crippen molar-refractivity contribution in [2.24, 2.45) is 7.05 Å². The minimum Gasteiger partial charge on any atom is -0.376 e. The minimum absolute atomic E-state index is 0.219. The number of benzene rings is 1. The van der Waals surface area contributed by atoms with E-state index in [2.05, 4.69) is 19.9 Å². The van der Waals surface area contributed by atoms with Crippen LogP contribution in [0.15, 0.2) is 41.8 Å². The highest BCUT2D eigenvalue weighted by Gasteiger charge is 2.22. The van der Waals surface area contributed by atoms with Crippen LogP contribution in [0.5, 0.6) is 0 Å². The number of hydrogen-bond donors (Lipinski definition) is 0. The Morgan fingerprint density at radius 2 is 2.12 bits per heavy atom. The third-order valence-corrected chi connectivity index (χ3v) is 5.66. The van der Waals surface area contributed by atoms with Gasteiger partial charge in [-0.1, -0.05) is 35.5 Å². The molecule has 0 radical (unpaired) electrons. The molecule has 2 aromatic heterocycles. The van der Waals surface area contributed by atoms with E-state index in [1.807, 2.05) is 43.7 Å². The molecule has 26 heavy (non-hydrogen) atoms. The summed E-state index contributed by atoms with van der Waals surface area (Å²) in [5.41, 5.74) is 2.17. The smallest absolute Gasteiger partial charge is 0.191 e. The lowest BCUT2D eigenvalue weighted by Gasteiger charge is -2.14. The number of rotatable bonds is 6. The predicted molar refractivity (Wildman–Crippen MR) is 102 cm³/mol. The molecule has 3 heterocycles. The van der Waals surface area contributed by atoms with Crippen LogP contribution in [-0.4, -0.2) is 37.3 Å². The highest BCUT2D eigenvalue weighted by molar-refractivity contribution is 7.98. The van der Waals surface area contributed by atoms with Crippen LogP contribution in [0.4, 0.5) is 0 Å². The van der Waals surface area contributed by atoms with Crippen molar-refractivity contribution in [2.75, 3.05) is 6.61 Å². The van der Waals surface area contributed by atoms with Gasteiger partial charge >= 0.3 is 0 Å². The molecule has 1 atom stereocenters. The average Bonchev–Trinajstić information content (AvgIpc) is 3.37. The maximum absolute atomic E-state index is 5.97. The van der Waals surface area contributed by atoms with E-state index in [1.54, 1.807) is 16.4 Å². The molecule has 1 aliphatic rings. The Bertz CT molecular complexity index is 870. The molecule has 1 aromatic carbocycles. The lowest BCUT2D eigenvalue weighted by Crippen LogP contribution is -2.16. The quantitative estimate of drug-likeness (QED) is 0.600. The van der Waals surface area contributed by atoms with Gasteiger partial charge in [0.2, 0.25) is 0 Å². The van der Waals surface area contributed by atoms with Crippen LogP contribution in [0, 0.1) is 0 Å². The molecule has 0 aliphatic carbocycles. The van der Waals surface area contributed by atoms with Crippen LogP contribution in [0.2, 0.25) is 5.02 Å². The van der Waals surface area contributed by atoms with Gasteiger partial charge in [-0.05, 0) is 30.5 Å². The first-order chi connectivity index (χ1) is 12.7. The molecule has 0 spiro atoms. The van der Waals surface area contributed by atoms with Gasteiger partial charge in [-0.3, -0.25) is 9.25 Å². The van der Waals surface area contributed by atoms with Crippen molar-refractivity contribution in [1.29, 1.82) is 0 Å². The summed E-state index contributed by atoms with van der Waals surface area (Å²) in [5.74, 6) is 1.65. The molecule has 6 nitrogen and oxygen atoms in total. The highest BCUT2D eigenvalue weighted by atomic mass is 35.5. The molecule has 0 saturated carbocycles. The Morgan fingerprint density at radius 1 is 1.27 bits per heavy atom. The predicted octanol–water partition coefficient (Wildman–Crippen LogP) is 3.80. The second-order valence-corrected chi connectivity index (χ2v) is 7.75. The van der Waals surface area contributed by atoms with Gasteiger partial charge in [-0.2, -0.15) is 5.10 Å². The lowest BCUT2D eigenvalue weighted by molar-refractivity contribution is 0.0953. The molecule has 4 rings (SSSR count). The van der Waals surface area contributed by atoms with Gasteiger partial charge < -0.3 is 4.74 Å². The summed E-state index contributed by atoms with van der Waals surface area (Å²) in [5, 5.41) is 14.8. The van der Waals surface area contributed by atoms with Crippen molar-refractivity contribution in [1.82, 2.24) is 24.5 Å². The van der Waals surface area contributed by atoms with Gasteiger partial charge in [0.1, 0.15) is 0 Å². The molecule has 3 aromatic rings.